The maximum Gasteiger partial charge on any atom is 0.261 e. The zero-order valence-corrected chi connectivity index (χ0v) is 17.8. The Labute approximate surface area is 184 Å². The number of hydrogen-bond acceptors (Lipinski definition) is 3. The van der Waals surface area contributed by atoms with Gasteiger partial charge >= 0.3 is 0 Å². The van der Waals surface area contributed by atoms with Crippen molar-refractivity contribution < 1.29 is 18.4 Å². The summed E-state index contributed by atoms with van der Waals surface area (Å²) in [5.74, 6) is -1.20. The van der Waals surface area contributed by atoms with Gasteiger partial charge in [0.25, 0.3) is 5.91 Å². The van der Waals surface area contributed by atoms with Crippen molar-refractivity contribution >= 4 is 29.7 Å². The number of amides is 2. The largest absolute Gasteiger partial charge is 0.350 e. The molecule has 0 aromatic heterocycles. The molecule has 1 heterocycles. The minimum Gasteiger partial charge on any atom is -0.350 e. The SMILES string of the molecule is O=C(CN1C(=O)/C(=C/c2ccccc2F)SC2CCCCC21)NCc1ccc(F)cc1. The highest BCUT2D eigenvalue weighted by Crippen LogP contribution is 2.42. The van der Waals surface area contributed by atoms with E-state index in [0.717, 1.165) is 31.2 Å². The van der Waals surface area contributed by atoms with E-state index in [1.54, 1.807) is 41.3 Å². The number of benzene rings is 2. The van der Waals surface area contributed by atoms with E-state index in [2.05, 4.69) is 5.32 Å². The lowest BCUT2D eigenvalue weighted by atomic mass is 9.93. The van der Waals surface area contributed by atoms with Gasteiger partial charge < -0.3 is 10.2 Å². The van der Waals surface area contributed by atoms with Crippen molar-refractivity contribution in [2.45, 2.75) is 43.5 Å². The molecule has 31 heavy (non-hydrogen) atoms. The van der Waals surface area contributed by atoms with Gasteiger partial charge in [-0.2, -0.15) is 0 Å². The molecular weight excluding hydrogens is 418 g/mol. The molecule has 0 radical (unpaired) electrons. The molecule has 0 spiro atoms. The second-order valence-corrected chi connectivity index (χ2v) is 9.16. The highest BCUT2D eigenvalue weighted by Gasteiger charge is 2.41. The molecule has 2 fully saturated rings. The van der Waals surface area contributed by atoms with Crippen LogP contribution in [0.4, 0.5) is 8.78 Å². The molecule has 1 saturated carbocycles. The topological polar surface area (TPSA) is 49.4 Å². The van der Waals surface area contributed by atoms with Crippen molar-refractivity contribution in [2.75, 3.05) is 6.54 Å². The second-order valence-electron chi connectivity index (χ2n) is 7.87. The number of thioether (sulfide) groups is 1. The fraction of sp³-hybridized carbons (Fsp3) is 0.333. The van der Waals surface area contributed by atoms with Gasteiger partial charge in [-0.3, -0.25) is 9.59 Å². The predicted molar refractivity (Wildman–Crippen MR) is 118 cm³/mol. The molecule has 2 aromatic rings. The molecule has 2 aromatic carbocycles. The summed E-state index contributed by atoms with van der Waals surface area (Å²) in [5, 5.41) is 3.02. The van der Waals surface area contributed by atoms with Crippen LogP contribution in [0, 0.1) is 11.6 Å². The normalized spacial score (nSPS) is 22.3. The molecule has 1 saturated heterocycles. The number of fused-ring (bicyclic) bond motifs is 1. The molecule has 4 nitrogen and oxygen atoms in total. The van der Waals surface area contributed by atoms with Gasteiger partial charge in [-0.25, -0.2) is 8.78 Å². The van der Waals surface area contributed by atoms with Crippen LogP contribution < -0.4 is 5.32 Å². The average Bonchev–Trinajstić information content (AvgIpc) is 2.77. The number of rotatable bonds is 5. The monoisotopic (exact) mass is 442 g/mol. The molecule has 2 amide bonds. The number of halogens is 2. The first-order valence-electron chi connectivity index (χ1n) is 10.5. The van der Waals surface area contributed by atoms with Crippen LogP contribution in [0.2, 0.25) is 0 Å². The van der Waals surface area contributed by atoms with Crippen LogP contribution in [-0.2, 0) is 16.1 Å². The molecule has 1 N–H and O–H groups in total. The summed E-state index contributed by atoms with van der Waals surface area (Å²) in [5.41, 5.74) is 1.15. The third kappa shape index (κ3) is 5.15. The van der Waals surface area contributed by atoms with Crippen LogP contribution in [0.1, 0.15) is 36.8 Å². The summed E-state index contributed by atoms with van der Waals surface area (Å²) in [6, 6.07) is 12.3. The molecule has 162 valence electrons. The Hall–Kier alpha value is -2.67. The first-order chi connectivity index (χ1) is 15.0. The Morgan fingerprint density at radius 3 is 2.61 bits per heavy atom. The molecule has 2 atom stereocenters. The lowest BCUT2D eigenvalue weighted by molar-refractivity contribution is -0.135. The summed E-state index contributed by atoms with van der Waals surface area (Å²) in [4.78, 5) is 28.0. The first-order valence-corrected chi connectivity index (χ1v) is 11.3. The van der Waals surface area contributed by atoms with Crippen LogP contribution in [0.25, 0.3) is 6.08 Å². The third-order valence-corrected chi connectivity index (χ3v) is 7.13. The minimum absolute atomic E-state index is 0.000548. The highest BCUT2D eigenvalue weighted by molar-refractivity contribution is 8.04. The number of carbonyl (C=O) groups excluding carboxylic acids is 2. The maximum absolute atomic E-state index is 14.1. The van der Waals surface area contributed by atoms with Crippen LogP contribution in [-0.4, -0.2) is 34.6 Å². The average molecular weight is 443 g/mol. The molecular formula is C24H24F2N2O2S. The first kappa shape index (κ1) is 21.6. The van der Waals surface area contributed by atoms with E-state index in [0.29, 0.717) is 10.5 Å². The molecule has 2 aliphatic rings. The predicted octanol–water partition coefficient (Wildman–Crippen LogP) is 4.51. The van der Waals surface area contributed by atoms with Gasteiger partial charge in [0.1, 0.15) is 18.2 Å². The standard InChI is InChI=1S/C24H24F2N2O2S/c25-18-11-9-16(10-12-18)14-27-23(29)15-28-20-7-3-4-8-21(20)31-22(24(28)30)13-17-5-1-2-6-19(17)26/h1-2,5-6,9-13,20-21H,3-4,7-8,14-15H2,(H,27,29)/b22-13-. The Bertz CT molecular complexity index is 993. The number of carbonyl (C=O) groups is 2. The van der Waals surface area contributed by atoms with Gasteiger partial charge in [0.2, 0.25) is 5.91 Å². The Balaban J connectivity index is 1.49. The van der Waals surface area contributed by atoms with Crippen molar-refractivity contribution in [3.8, 4) is 0 Å². The van der Waals surface area contributed by atoms with E-state index in [9.17, 15) is 18.4 Å². The molecule has 1 aliphatic heterocycles. The summed E-state index contributed by atoms with van der Waals surface area (Å²) in [6.07, 6.45) is 5.53. The van der Waals surface area contributed by atoms with E-state index >= 15 is 0 Å². The van der Waals surface area contributed by atoms with Gasteiger partial charge in [-0.05, 0) is 42.7 Å². The van der Waals surface area contributed by atoms with Gasteiger partial charge in [-0.1, -0.05) is 43.2 Å². The van der Waals surface area contributed by atoms with Gasteiger partial charge in [-0.15, -0.1) is 11.8 Å². The molecule has 4 rings (SSSR count). The summed E-state index contributed by atoms with van der Waals surface area (Å²) < 4.78 is 27.2. The second kappa shape index (κ2) is 9.64. The lowest BCUT2D eigenvalue weighted by Crippen LogP contribution is -2.54. The molecule has 0 bridgehead atoms. The van der Waals surface area contributed by atoms with Crippen molar-refractivity contribution in [1.29, 1.82) is 0 Å². The lowest BCUT2D eigenvalue weighted by Gasteiger charge is -2.43. The van der Waals surface area contributed by atoms with Crippen molar-refractivity contribution in [2.24, 2.45) is 0 Å². The smallest absolute Gasteiger partial charge is 0.261 e. The van der Waals surface area contributed by atoms with Crippen molar-refractivity contribution in [3.63, 3.8) is 0 Å². The Kier molecular flexibility index (Phi) is 6.70. The maximum atomic E-state index is 14.1. The van der Waals surface area contributed by atoms with Crippen molar-refractivity contribution in [3.05, 3.63) is 76.2 Å². The Morgan fingerprint density at radius 1 is 1.10 bits per heavy atom. The van der Waals surface area contributed by atoms with Crippen LogP contribution >= 0.6 is 11.8 Å². The van der Waals surface area contributed by atoms with Crippen LogP contribution in [0.3, 0.4) is 0 Å². The summed E-state index contributed by atoms with van der Waals surface area (Å²) >= 11 is 1.51. The van der Waals surface area contributed by atoms with Gasteiger partial charge in [0, 0.05) is 23.4 Å². The summed E-state index contributed by atoms with van der Waals surface area (Å²) in [6.45, 7) is 0.221. The van der Waals surface area contributed by atoms with E-state index in [1.165, 1.54) is 30.0 Å². The van der Waals surface area contributed by atoms with Crippen LogP contribution in [0.15, 0.2) is 53.4 Å². The molecule has 7 heteroatoms. The number of nitrogens with one attached hydrogen (secondary N) is 1. The highest BCUT2D eigenvalue weighted by atomic mass is 32.2. The summed E-state index contributed by atoms with van der Waals surface area (Å²) in [7, 11) is 0. The third-order valence-electron chi connectivity index (χ3n) is 5.73. The van der Waals surface area contributed by atoms with E-state index in [4.69, 9.17) is 0 Å². The van der Waals surface area contributed by atoms with Crippen molar-refractivity contribution in [1.82, 2.24) is 10.2 Å². The van der Waals surface area contributed by atoms with E-state index in [1.807, 2.05) is 0 Å². The minimum atomic E-state index is -0.377. The number of hydrogen-bond donors (Lipinski definition) is 1. The van der Waals surface area contributed by atoms with Crippen LogP contribution in [0.5, 0.6) is 0 Å². The quantitative estimate of drug-likeness (QED) is 0.694. The van der Waals surface area contributed by atoms with E-state index in [-0.39, 0.29) is 47.8 Å². The molecule has 1 aliphatic carbocycles. The number of nitrogens with zero attached hydrogens (tertiary/aromatic N) is 1. The zero-order chi connectivity index (χ0) is 21.8. The fourth-order valence-corrected chi connectivity index (χ4v) is 5.57. The van der Waals surface area contributed by atoms with Gasteiger partial charge in [0.15, 0.2) is 0 Å². The zero-order valence-electron chi connectivity index (χ0n) is 17.0. The van der Waals surface area contributed by atoms with E-state index < -0.39 is 0 Å². The Morgan fingerprint density at radius 2 is 1.84 bits per heavy atom. The molecule has 2 unspecified atom stereocenters. The fourth-order valence-electron chi connectivity index (χ4n) is 4.11. The van der Waals surface area contributed by atoms with Gasteiger partial charge in [0.05, 0.1) is 4.91 Å².